The molecule has 0 heterocycles. The van der Waals surface area contributed by atoms with Gasteiger partial charge >= 0.3 is 0 Å². The van der Waals surface area contributed by atoms with Gasteiger partial charge in [-0.15, -0.1) is 0 Å². The van der Waals surface area contributed by atoms with Crippen LogP contribution >= 0.6 is 0 Å². The molecule has 1 heteroatoms. The Kier molecular flexibility index (Phi) is 11.5. The van der Waals surface area contributed by atoms with Crippen LogP contribution in [0.1, 0.15) is 78.6 Å². The second kappa shape index (κ2) is 11.9. The van der Waals surface area contributed by atoms with Crippen molar-refractivity contribution in [3.8, 4) is 0 Å². The molecule has 0 aromatic rings. The van der Waals surface area contributed by atoms with Gasteiger partial charge in [0.25, 0.3) is 0 Å². The molecule has 0 aliphatic carbocycles. The maximum absolute atomic E-state index is 10.7. The predicted octanol–water partition coefficient (Wildman–Crippen LogP) is 5.30. The van der Waals surface area contributed by atoms with Gasteiger partial charge < -0.3 is 4.79 Å². The molecule has 0 radical (unpaired) electrons. The van der Waals surface area contributed by atoms with Crippen LogP contribution in [0.25, 0.3) is 0 Å². The minimum atomic E-state index is 0.325. The summed E-state index contributed by atoms with van der Waals surface area (Å²) >= 11 is 0. The first-order chi connectivity index (χ1) is 8.13. The van der Waals surface area contributed by atoms with E-state index in [0.717, 1.165) is 18.8 Å². The summed E-state index contributed by atoms with van der Waals surface area (Å²) in [5.74, 6) is 1.17. The summed E-state index contributed by atoms with van der Waals surface area (Å²) in [7, 11) is 0. The fourth-order valence-corrected chi connectivity index (χ4v) is 1.86. The molecule has 0 fully saturated rings. The number of allylic oxidation sites excluding steroid dienone is 2. The van der Waals surface area contributed by atoms with E-state index in [-0.39, 0.29) is 0 Å². The standard InChI is InChI=1S/C16H30O/c1-15(2)13-11-9-7-5-4-6-8-10-12-14-16(3)17/h4-5,15H,6-14H2,1-3H3. The van der Waals surface area contributed by atoms with Gasteiger partial charge in [0, 0.05) is 6.42 Å². The number of hydrogen-bond acceptors (Lipinski definition) is 1. The third kappa shape index (κ3) is 15.4. The lowest BCUT2D eigenvalue weighted by atomic mass is 10.1. The van der Waals surface area contributed by atoms with Crippen molar-refractivity contribution in [2.45, 2.75) is 78.6 Å². The Hall–Kier alpha value is -0.590. The normalized spacial score (nSPS) is 11.5. The molecule has 0 aliphatic heterocycles. The van der Waals surface area contributed by atoms with E-state index in [1.165, 1.54) is 44.9 Å². The molecule has 0 aromatic heterocycles. The molecular weight excluding hydrogens is 208 g/mol. The second-order valence-corrected chi connectivity index (χ2v) is 5.45. The van der Waals surface area contributed by atoms with Crippen LogP contribution in [-0.2, 0) is 4.79 Å². The van der Waals surface area contributed by atoms with Crippen LogP contribution in [0.3, 0.4) is 0 Å². The Morgan fingerprint density at radius 3 is 2.06 bits per heavy atom. The maximum atomic E-state index is 10.7. The fourth-order valence-electron chi connectivity index (χ4n) is 1.86. The lowest BCUT2D eigenvalue weighted by Crippen LogP contribution is -1.88. The van der Waals surface area contributed by atoms with Crippen LogP contribution in [0.15, 0.2) is 12.2 Å². The van der Waals surface area contributed by atoms with Gasteiger partial charge in [-0.1, -0.05) is 45.3 Å². The van der Waals surface area contributed by atoms with E-state index >= 15 is 0 Å². The van der Waals surface area contributed by atoms with Crippen molar-refractivity contribution in [1.82, 2.24) is 0 Å². The van der Waals surface area contributed by atoms with Crippen molar-refractivity contribution in [2.24, 2.45) is 5.92 Å². The lowest BCUT2D eigenvalue weighted by molar-refractivity contribution is -0.117. The number of ketones is 1. The number of hydrogen-bond donors (Lipinski definition) is 0. The van der Waals surface area contributed by atoms with E-state index in [4.69, 9.17) is 0 Å². The molecule has 0 saturated heterocycles. The van der Waals surface area contributed by atoms with Gasteiger partial charge in [0.1, 0.15) is 5.78 Å². The Morgan fingerprint density at radius 1 is 0.941 bits per heavy atom. The lowest BCUT2D eigenvalue weighted by Gasteiger charge is -2.01. The molecular formula is C16H30O. The van der Waals surface area contributed by atoms with Gasteiger partial charge in [0.2, 0.25) is 0 Å². The second-order valence-electron chi connectivity index (χ2n) is 5.45. The van der Waals surface area contributed by atoms with Crippen LogP contribution in [0.5, 0.6) is 0 Å². The largest absolute Gasteiger partial charge is 0.300 e. The molecule has 0 aliphatic rings. The monoisotopic (exact) mass is 238 g/mol. The quantitative estimate of drug-likeness (QED) is 0.353. The summed E-state index contributed by atoms with van der Waals surface area (Å²) in [6.07, 6.45) is 15.4. The highest BCUT2D eigenvalue weighted by Gasteiger charge is 1.93. The molecule has 0 rings (SSSR count). The topological polar surface area (TPSA) is 17.1 Å². The molecule has 100 valence electrons. The first-order valence-corrected chi connectivity index (χ1v) is 7.27. The molecule has 0 amide bonds. The molecule has 0 unspecified atom stereocenters. The van der Waals surface area contributed by atoms with Crippen LogP contribution in [-0.4, -0.2) is 5.78 Å². The first kappa shape index (κ1) is 16.4. The fraction of sp³-hybridized carbons (Fsp3) is 0.812. The summed E-state index contributed by atoms with van der Waals surface area (Å²) in [5.41, 5.74) is 0. The van der Waals surface area contributed by atoms with Crippen molar-refractivity contribution < 1.29 is 4.79 Å². The molecule has 0 atom stereocenters. The van der Waals surface area contributed by atoms with Gasteiger partial charge in [-0.2, -0.15) is 0 Å². The predicted molar refractivity (Wildman–Crippen MR) is 76.2 cm³/mol. The van der Waals surface area contributed by atoms with Gasteiger partial charge in [-0.05, 0) is 44.9 Å². The zero-order chi connectivity index (χ0) is 12.9. The Labute approximate surface area is 108 Å². The minimum Gasteiger partial charge on any atom is -0.300 e. The highest BCUT2D eigenvalue weighted by molar-refractivity contribution is 5.75. The highest BCUT2D eigenvalue weighted by atomic mass is 16.1. The average molecular weight is 238 g/mol. The molecule has 0 bridgehead atoms. The summed E-state index contributed by atoms with van der Waals surface area (Å²) in [4.78, 5) is 10.7. The van der Waals surface area contributed by atoms with Crippen molar-refractivity contribution in [2.75, 3.05) is 0 Å². The van der Waals surface area contributed by atoms with Gasteiger partial charge in [-0.25, -0.2) is 0 Å². The van der Waals surface area contributed by atoms with Crippen molar-refractivity contribution in [1.29, 1.82) is 0 Å². The van der Waals surface area contributed by atoms with E-state index in [0.29, 0.717) is 5.78 Å². The van der Waals surface area contributed by atoms with Crippen molar-refractivity contribution in [3.63, 3.8) is 0 Å². The van der Waals surface area contributed by atoms with Crippen LogP contribution < -0.4 is 0 Å². The molecule has 0 saturated carbocycles. The van der Waals surface area contributed by atoms with Crippen LogP contribution in [0, 0.1) is 5.92 Å². The molecule has 0 N–H and O–H groups in total. The van der Waals surface area contributed by atoms with Gasteiger partial charge in [-0.3, -0.25) is 0 Å². The molecule has 1 nitrogen and oxygen atoms in total. The van der Waals surface area contributed by atoms with Gasteiger partial charge in [0.15, 0.2) is 0 Å². The number of carbonyl (C=O) groups excluding carboxylic acids is 1. The van der Waals surface area contributed by atoms with E-state index in [2.05, 4.69) is 26.0 Å². The maximum Gasteiger partial charge on any atom is 0.129 e. The zero-order valence-corrected chi connectivity index (χ0v) is 12.0. The van der Waals surface area contributed by atoms with Crippen LogP contribution in [0.2, 0.25) is 0 Å². The third-order valence-electron chi connectivity index (χ3n) is 2.97. The van der Waals surface area contributed by atoms with Crippen molar-refractivity contribution in [3.05, 3.63) is 12.2 Å². The summed E-state index contributed by atoms with van der Waals surface area (Å²) < 4.78 is 0. The summed E-state index contributed by atoms with van der Waals surface area (Å²) in [6, 6.07) is 0. The Morgan fingerprint density at radius 2 is 1.53 bits per heavy atom. The van der Waals surface area contributed by atoms with E-state index < -0.39 is 0 Å². The third-order valence-corrected chi connectivity index (χ3v) is 2.97. The molecule has 17 heavy (non-hydrogen) atoms. The Bertz CT molecular complexity index is 204. The average Bonchev–Trinajstić information content (AvgIpc) is 2.25. The highest BCUT2D eigenvalue weighted by Crippen LogP contribution is 2.09. The first-order valence-electron chi connectivity index (χ1n) is 7.27. The summed E-state index contributed by atoms with van der Waals surface area (Å²) in [6.45, 7) is 6.25. The molecule has 0 aromatic carbocycles. The number of carbonyl (C=O) groups is 1. The number of unbranched alkanes of at least 4 members (excludes halogenated alkanes) is 5. The van der Waals surface area contributed by atoms with Crippen LogP contribution in [0.4, 0.5) is 0 Å². The van der Waals surface area contributed by atoms with Gasteiger partial charge in [0.05, 0.1) is 0 Å². The minimum absolute atomic E-state index is 0.325. The van der Waals surface area contributed by atoms with E-state index in [1.807, 2.05) is 0 Å². The Balaban J connectivity index is 3.12. The SMILES string of the molecule is CC(=O)CCCCCC=CCCCCC(C)C. The van der Waals surface area contributed by atoms with E-state index in [1.54, 1.807) is 6.92 Å². The zero-order valence-electron chi connectivity index (χ0n) is 12.0. The number of Topliss-reactive ketones (excluding diaryl/α,β-unsaturated/α-hetero) is 1. The molecule has 0 spiro atoms. The van der Waals surface area contributed by atoms with E-state index in [9.17, 15) is 4.79 Å². The summed E-state index contributed by atoms with van der Waals surface area (Å²) in [5, 5.41) is 0. The smallest absolute Gasteiger partial charge is 0.129 e. The van der Waals surface area contributed by atoms with Crippen molar-refractivity contribution >= 4 is 5.78 Å². The number of rotatable bonds is 11.